The number of nitrogens with zero attached hydrogens (tertiary/aromatic N) is 2. The van der Waals surface area contributed by atoms with Crippen molar-refractivity contribution in [3.8, 4) is 0 Å². The third-order valence-corrected chi connectivity index (χ3v) is 4.27. The Hall–Kier alpha value is -1.43. The van der Waals surface area contributed by atoms with Crippen molar-refractivity contribution < 1.29 is 9.72 Å². The third kappa shape index (κ3) is 3.12. The van der Waals surface area contributed by atoms with Gasteiger partial charge in [0, 0.05) is 24.5 Å². The van der Waals surface area contributed by atoms with E-state index in [9.17, 15) is 14.9 Å². The van der Waals surface area contributed by atoms with Crippen LogP contribution < -0.4 is 0 Å². The lowest BCUT2D eigenvalue weighted by atomic mass is 9.99. The zero-order valence-corrected chi connectivity index (χ0v) is 12.0. The first-order valence-corrected chi connectivity index (χ1v) is 7.34. The highest BCUT2D eigenvalue weighted by Crippen LogP contribution is 2.24. The molecule has 1 heterocycles. The summed E-state index contributed by atoms with van der Waals surface area (Å²) in [6.45, 7) is 1.34. The standard InChI is InChI=1S/C13H15BrN2O3/c14-8-10-4-3-7-15(9-10)13(17)11-5-1-2-6-12(11)16(18)19/h1-2,5-6,10H,3-4,7-9H2. The Labute approximate surface area is 119 Å². The first-order chi connectivity index (χ1) is 9.13. The number of piperidine rings is 1. The molecule has 1 aliphatic heterocycles. The number of rotatable bonds is 3. The lowest BCUT2D eigenvalue weighted by Crippen LogP contribution is -2.40. The normalized spacial score (nSPS) is 19.2. The van der Waals surface area contributed by atoms with Gasteiger partial charge in [0.25, 0.3) is 11.6 Å². The van der Waals surface area contributed by atoms with E-state index in [-0.39, 0.29) is 17.2 Å². The van der Waals surface area contributed by atoms with E-state index in [0.29, 0.717) is 19.0 Å². The maximum Gasteiger partial charge on any atom is 0.282 e. The van der Waals surface area contributed by atoms with Crippen molar-refractivity contribution in [3.05, 3.63) is 39.9 Å². The molecule has 6 heteroatoms. The van der Waals surface area contributed by atoms with Crippen LogP contribution in [-0.4, -0.2) is 34.2 Å². The van der Waals surface area contributed by atoms with Gasteiger partial charge in [-0.1, -0.05) is 28.1 Å². The van der Waals surface area contributed by atoms with Gasteiger partial charge in [0.05, 0.1) is 4.92 Å². The SMILES string of the molecule is O=C(c1ccccc1[N+](=O)[O-])N1CCCC(CBr)C1. The van der Waals surface area contributed by atoms with E-state index >= 15 is 0 Å². The monoisotopic (exact) mass is 326 g/mol. The molecule has 1 aromatic rings. The lowest BCUT2D eigenvalue weighted by Gasteiger charge is -2.31. The molecular weight excluding hydrogens is 312 g/mol. The summed E-state index contributed by atoms with van der Waals surface area (Å²) in [5.41, 5.74) is 0.0659. The Kier molecular flexibility index (Phi) is 4.52. The molecule has 1 unspecified atom stereocenters. The predicted molar refractivity (Wildman–Crippen MR) is 75.5 cm³/mol. The summed E-state index contributed by atoms with van der Waals surface area (Å²) in [5, 5.41) is 11.8. The summed E-state index contributed by atoms with van der Waals surface area (Å²) in [7, 11) is 0. The number of para-hydroxylation sites is 1. The topological polar surface area (TPSA) is 63.4 Å². The first-order valence-electron chi connectivity index (χ1n) is 6.22. The quantitative estimate of drug-likeness (QED) is 0.487. The summed E-state index contributed by atoms with van der Waals surface area (Å²) in [5.74, 6) is 0.193. The maximum absolute atomic E-state index is 12.4. The van der Waals surface area contributed by atoms with Gasteiger partial charge < -0.3 is 4.90 Å². The smallest absolute Gasteiger partial charge is 0.282 e. The summed E-state index contributed by atoms with van der Waals surface area (Å²) < 4.78 is 0. The van der Waals surface area contributed by atoms with Crippen molar-refractivity contribution in [1.82, 2.24) is 4.90 Å². The highest BCUT2D eigenvalue weighted by atomic mass is 79.9. The van der Waals surface area contributed by atoms with Gasteiger partial charge in [-0.2, -0.15) is 0 Å². The third-order valence-electron chi connectivity index (χ3n) is 3.36. The van der Waals surface area contributed by atoms with Gasteiger partial charge in [0.1, 0.15) is 5.56 Å². The fraction of sp³-hybridized carbons (Fsp3) is 0.462. The molecular formula is C13H15BrN2O3. The summed E-state index contributed by atoms with van der Waals surface area (Å²) in [6.07, 6.45) is 2.04. The number of hydrogen-bond acceptors (Lipinski definition) is 3. The molecule has 1 aromatic carbocycles. The molecule has 2 rings (SSSR count). The molecule has 1 saturated heterocycles. The van der Waals surface area contributed by atoms with Crippen molar-refractivity contribution >= 4 is 27.5 Å². The van der Waals surface area contributed by atoms with Crippen molar-refractivity contribution in [2.45, 2.75) is 12.8 Å². The van der Waals surface area contributed by atoms with Gasteiger partial charge >= 0.3 is 0 Å². The molecule has 0 N–H and O–H groups in total. The number of likely N-dealkylation sites (tertiary alicyclic amines) is 1. The Morgan fingerprint density at radius 3 is 2.89 bits per heavy atom. The Bertz CT molecular complexity index is 493. The average molecular weight is 327 g/mol. The van der Waals surface area contributed by atoms with E-state index in [1.54, 1.807) is 17.0 Å². The summed E-state index contributed by atoms with van der Waals surface area (Å²) >= 11 is 3.44. The molecule has 1 fully saturated rings. The second kappa shape index (κ2) is 6.14. The van der Waals surface area contributed by atoms with Gasteiger partial charge in [-0.25, -0.2) is 0 Å². The number of carbonyl (C=O) groups excluding carboxylic acids is 1. The highest BCUT2D eigenvalue weighted by molar-refractivity contribution is 9.09. The molecule has 0 saturated carbocycles. The first kappa shape index (κ1) is 14.0. The summed E-state index contributed by atoms with van der Waals surface area (Å²) in [4.78, 5) is 24.6. The Morgan fingerprint density at radius 1 is 1.47 bits per heavy atom. The molecule has 1 amide bonds. The van der Waals surface area contributed by atoms with Crippen LogP contribution in [0.4, 0.5) is 5.69 Å². The Balaban J connectivity index is 2.22. The highest BCUT2D eigenvalue weighted by Gasteiger charge is 2.28. The molecule has 0 aliphatic carbocycles. The number of nitro groups is 1. The second-order valence-electron chi connectivity index (χ2n) is 4.69. The maximum atomic E-state index is 12.4. The van der Waals surface area contributed by atoms with Crippen molar-refractivity contribution in [1.29, 1.82) is 0 Å². The fourth-order valence-corrected chi connectivity index (χ4v) is 2.89. The number of alkyl halides is 1. The second-order valence-corrected chi connectivity index (χ2v) is 5.34. The minimum Gasteiger partial charge on any atom is -0.338 e. The molecule has 0 spiro atoms. The van der Waals surface area contributed by atoms with Crippen LogP contribution in [0.2, 0.25) is 0 Å². The number of nitro benzene ring substituents is 1. The van der Waals surface area contributed by atoms with Gasteiger partial charge in [-0.15, -0.1) is 0 Å². The fourth-order valence-electron chi connectivity index (χ4n) is 2.36. The van der Waals surface area contributed by atoms with Crippen LogP contribution in [0.15, 0.2) is 24.3 Å². The largest absolute Gasteiger partial charge is 0.338 e. The van der Waals surface area contributed by atoms with Crippen molar-refractivity contribution in [2.75, 3.05) is 18.4 Å². The predicted octanol–water partition coefficient (Wildman–Crippen LogP) is 2.84. The number of carbonyl (C=O) groups is 1. The molecule has 5 nitrogen and oxygen atoms in total. The van der Waals surface area contributed by atoms with Gasteiger partial charge in [0.2, 0.25) is 0 Å². The zero-order valence-electron chi connectivity index (χ0n) is 10.4. The van der Waals surface area contributed by atoms with Crippen LogP contribution in [0, 0.1) is 16.0 Å². The molecule has 1 aliphatic rings. The zero-order chi connectivity index (χ0) is 13.8. The number of benzene rings is 1. The van der Waals surface area contributed by atoms with Crippen molar-refractivity contribution in [2.24, 2.45) is 5.92 Å². The van der Waals surface area contributed by atoms with Crippen LogP contribution >= 0.6 is 15.9 Å². The van der Waals surface area contributed by atoms with Crippen LogP contribution in [-0.2, 0) is 0 Å². The Morgan fingerprint density at radius 2 is 2.21 bits per heavy atom. The molecule has 0 aromatic heterocycles. The van der Waals surface area contributed by atoms with Crippen LogP contribution in [0.5, 0.6) is 0 Å². The van der Waals surface area contributed by atoms with E-state index in [4.69, 9.17) is 0 Å². The lowest BCUT2D eigenvalue weighted by molar-refractivity contribution is -0.385. The minimum atomic E-state index is -0.501. The van der Waals surface area contributed by atoms with E-state index in [2.05, 4.69) is 15.9 Å². The van der Waals surface area contributed by atoms with E-state index in [1.807, 2.05) is 0 Å². The number of amides is 1. The van der Waals surface area contributed by atoms with Gasteiger partial charge in [0.15, 0.2) is 0 Å². The molecule has 102 valence electrons. The van der Waals surface area contributed by atoms with Crippen LogP contribution in [0.25, 0.3) is 0 Å². The average Bonchev–Trinajstić information content (AvgIpc) is 2.46. The van der Waals surface area contributed by atoms with E-state index < -0.39 is 4.92 Å². The van der Waals surface area contributed by atoms with Crippen molar-refractivity contribution in [3.63, 3.8) is 0 Å². The molecule has 1 atom stereocenters. The van der Waals surface area contributed by atoms with Gasteiger partial charge in [-0.05, 0) is 24.8 Å². The van der Waals surface area contributed by atoms with Crippen LogP contribution in [0.1, 0.15) is 23.2 Å². The van der Waals surface area contributed by atoms with E-state index in [0.717, 1.165) is 18.2 Å². The van der Waals surface area contributed by atoms with E-state index in [1.165, 1.54) is 12.1 Å². The number of hydrogen-bond donors (Lipinski definition) is 0. The molecule has 19 heavy (non-hydrogen) atoms. The number of halogens is 1. The van der Waals surface area contributed by atoms with Gasteiger partial charge in [-0.3, -0.25) is 14.9 Å². The molecule has 0 radical (unpaired) electrons. The minimum absolute atomic E-state index is 0.117. The van der Waals surface area contributed by atoms with Crippen LogP contribution in [0.3, 0.4) is 0 Å². The summed E-state index contributed by atoms with van der Waals surface area (Å²) in [6, 6.07) is 6.13. The molecule has 0 bridgehead atoms.